The number of ether oxygens (including phenoxy) is 2. The molecule has 0 amide bonds. The monoisotopic (exact) mass is 716 g/mol. The minimum atomic E-state index is -0.825. The molecule has 53 heavy (non-hydrogen) atoms. The summed E-state index contributed by atoms with van der Waals surface area (Å²) < 4.78 is 14.1. The van der Waals surface area contributed by atoms with Gasteiger partial charge < -0.3 is 28.9 Å². The zero-order chi connectivity index (χ0) is 37.3. The number of rotatable bonds is 17. The number of carbonyl (C=O) groups excluding carboxylic acids is 1. The molecule has 1 aliphatic rings. The molecular weight excluding hydrogens is 665 g/mol. The molecular formula is C44H52N4O5. The van der Waals surface area contributed by atoms with E-state index in [1.807, 2.05) is 72.4 Å². The van der Waals surface area contributed by atoms with Crippen molar-refractivity contribution in [3.63, 3.8) is 0 Å². The fraction of sp³-hybridized carbons (Fsp3) is 0.364. The van der Waals surface area contributed by atoms with Crippen LogP contribution in [0.2, 0.25) is 0 Å². The first-order valence-electron chi connectivity index (χ1n) is 18.8. The molecule has 5 aromatic rings. The summed E-state index contributed by atoms with van der Waals surface area (Å²) in [4.78, 5) is 32.4. The van der Waals surface area contributed by atoms with Gasteiger partial charge in [0, 0.05) is 86.7 Å². The summed E-state index contributed by atoms with van der Waals surface area (Å²) in [6.45, 7) is 10.2. The molecule has 2 heterocycles. The molecule has 1 aliphatic heterocycles. The third kappa shape index (κ3) is 9.21. The van der Waals surface area contributed by atoms with Gasteiger partial charge in [0.1, 0.15) is 11.5 Å². The van der Waals surface area contributed by atoms with Gasteiger partial charge in [-0.1, -0.05) is 56.3 Å². The summed E-state index contributed by atoms with van der Waals surface area (Å²) in [5.74, 6) is 1.23. The zero-order valence-electron chi connectivity index (χ0n) is 31.5. The number of para-hydroxylation sites is 3. The number of carboxylic acid groups (broad SMARTS) is 1. The summed E-state index contributed by atoms with van der Waals surface area (Å²) in [7, 11) is 3.76. The van der Waals surface area contributed by atoms with E-state index in [1.54, 1.807) is 7.11 Å². The van der Waals surface area contributed by atoms with E-state index in [9.17, 15) is 14.7 Å². The number of aliphatic carboxylic acids is 1. The van der Waals surface area contributed by atoms with E-state index in [1.165, 1.54) is 5.56 Å². The van der Waals surface area contributed by atoms with E-state index in [0.717, 1.165) is 79.3 Å². The number of aryl methyl sites for hydroxylation is 1. The molecule has 1 fully saturated rings. The minimum Gasteiger partial charge on any atom is -0.495 e. The van der Waals surface area contributed by atoms with Crippen molar-refractivity contribution in [1.82, 2.24) is 9.47 Å². The minimum absolute atomic E-state index is 0.0744. The van der Waals surface area contributed by atoms with Gasteiger partial charge in [0.25, 0.3) is 0 Å². The van der Waals surface area contributed by atoms with Gasteiger partial charge in [-0.05, 0) is 79.3 Å². The summed E-state index contributed by atoms with van der Waals surface area (Å²) >= 11 is 0. The van der Waals surface area contributed by atoms with Gasteiger partial charge in [0.2, 0.25) is 0 Å². The lowest BCUT2D eigenvalue weighted by atomic mass is 10.0. The molecule has 9 nitrogen and oxygen atoms in total. The van der Waals surface area contributed by atoms with Crippen molar-refractivity contribution in [2.45, 2.75) is 46.1 Å². The Hall–Kier alpha value is -5.28. The highest BCUT2D eigenvalue weighted by Gasteiger charge is 2.22. The number of nitrogens with zero attached hydrogens (tertiary/aromatic N) is 4. The average molecular weight is 717 g/mol. The Labute approximate surface area is 313 Å². The van der Waals surface area contributed by atoms with Crippen LogP contribution in [0.5, 0.6) is 11.5 Å². The number of hydrogen-bond donors (Lipinski definition) is 1. The molecule has 0 radical (unpaired) electrons. The number of ketones is 1. The maximum Gasteiger partial charge on any atom is 0.303 e. The van der Waals surface area contributed by atoms with Gasteiger partial charge in [0.15, 0.2) is 5.78 Å². The molecule has 4 aromatic carbocycles. The molecule has 6 rings (SSSR count). The molecule has 1 saturated heterocycles. The standard InChI is InChI=1S/C44H52N4O5/c1-32(2)29-33-16-19-35(20-17-33)45(3)39-21-18-34(44(51)37-31-48(23-9-15-43(49)50)38-12-6-5-11-36(37)38)30-42(39)53-28-10-22-46-24-26-47(27-25-46)40-13-7-8-14-41(40)52-4/h5-8,11-14,16-21,30-32H,9-10,15,22-29H2,1-4H3,(H,49,50). The summed E-state index contributed by atoms with van der Waals surface area (Å²) in [5.41, 5.74) is 6.43. The molecule has 278 valence electrons. The largest absolute Gasteiger partial charge is 0.495 e. The highest BCUT2D eigenvalue weighted by atomic mass is 16.5. The number of anilines is 3. The van der Waals surface area contributed by atoms with E-state index in [2.05, 4.69) is 64.9 Å². The third-order valence-corrected chi connectivity index (χ3v) is 10.0. The van der Waals surface area contributed by atoms with Gasteiger partial charge in [-0.15, -0.1) is 0 Å². The Kier molecular flexibility index (Phi) is 12.4. The van der Waals surface area contributed by atoms with Crippen molar-refractivity contribution in [1.29, 1.82) is 0 Å². The van der Waals surface area contributed by atoms with Gasteiger partial charge >= 0.3 is 5.97 Å². The Morgan fingerprint density at radius 2 is 1.58 bits per heavy atom. The van der Waals surface area contributed by atoms with Crippen LogP contribution in [-0.4, -0.2) is 79.8 Å². The third-order valence-electron chi connectivity index (χ3n) is 10.0. The Balaban J connectivity index is 1.18. The van der Waals surface area contributed by atoms with E-state index in [0.29, 0.717) is 42.4 Å². The quantitative estimate of drug-likeness (QED) is 0.0760. The van der Waals surface area contributed by atoms with Crippen molar-refractivity contribution in [2.75, 3.05) is 63.3 Å². The van der Waals surface area contributed by atoms with Gasteiger partial charge in [-0.2, -0.15) is 0 Å². The van der Waals surface area contributed by atoms with Crippen LogP contribution in [0, 0.1) is 5.92 Å². The molecule has 0 bridgehead atoms. The van der Waals surface area contributed by atoms with Crippen molar-refractivity contribution < 1.29 is 24.2 Å². The van der Waals surface area contributed by atoms with Crippen molar-refractivity contribution >= 4 is 39.7 Å². The van der Waals surface area contributed by atoms with Gasteiger partial charge in [-0.25, -0.2) is 0 Å². The number of hydrogen-bond acceptors (Lipinski definition) is 7. The number of fused-ring (bicyclic) bond motifs is 1. The Bertz CT molecular complexity index is 2000. The maximum atomic E-state index is 14.2. The second kappa shape index (κ2) is 17.5. The molecule has 0 atom stereocenters. The molecule has 1 aromatic heterocycles. The average Bonchev–Trinajstić information content (AvgIpc) is 3.54. The van der Waals surface area contributed by atoms with Crippen LogP contribution in [0.3, 0.4) is 0 Å². The predicted molar refractivity (Wildman–Crippen MR) is 213 cm³/mol. The number of benzene rings is 4. The number of aromatic nitrogens is 1. The Morgan fingerprint density at radius 3 is 2.32 bits per heavy atom. The highest BCUT2D eigenvalue weighted by molar-refractivity contribution is 6.16. The highest BCUT2D eigenvalue weighted by Crippen LogP contribution is 2.36. The van der Waals surface area contributed by atoms with Crippen molar-refractivity contribution in [2.24, 2.45) is 5.92 Å². The van der Waals surface area contributed by atoms with Crippen LogP contribution in [-0.2, 0) is 17.8 Å². The lowest BCUT2D eigenvalue weighted by Crippen LogP contribution is -2.46. The number of carboxylic acids is 1. The first-order valence-corrected chi connectivity index (χ1v) is 18.8. The Morgan fingerprint density at radius 1 is 0.849 bits per heavy atom. The first kappa shape index (κ1) is 37.5. The number of carbonyl (C=O) groups is 2. The normalized spacial score (nSPS) is 13.4. The van der Waals surface area contributed by atoms with Crippen LogP contribution in [0.15, 0.2) is 97.2 Å². The molecule has 0 unspecified atom stereocenters. The summed E-state index contributed by atoms with van der Waals surface area (Å²) in [6, 6.07) is 30.4. The van der Waals surface area contributed by atoms with Crippen LogP contribution in [0.25, 0.3) is 10.9 Å². The first-order chi connectivity index (χ1) is 25.7. The molecule has 0 spiro atoms. The second-order valence-corrected chi connectivity index (χ2v) is 14.3. The van der Waals surface area contributed by atoms with Gasteiger partial charge in [0.05, 0.1) is 25.1 Å². The van der Waals surface area contributed by atoms with Crippen LogP contribution >= 0.6 is 0 Å². The molecule has 1 N–H and O–H groups in total. The smallest absolute Gasteiger partial charge is 0.303 e. The summed E-state index contributed by atoms with van der Waals surface area (Å²) in [6.07, 6.45) is 4.30. The van der Waals surface area contributed by atoms with E-state index in [-0.39, 0.29) is 12.2 Å². The topological polar surface area (TPSA) is 87.5 Å². The van der Waals surface area contributed by atoms with Crippen LogP contribution in [0.4, 0.5) is 17.1 Å². The number of piperazine rings is 1. The number of methoxy groups -OCH3 is 1. The van der Waals surface area contributed by atoms with Crippen LogP contribution in [0.1, 0.15) is 54.6 Å². The molecule has 0 saturated carbocycles. The second-order valence-electron chi connectivity index (χ2n) is 14.3. The SMILES string of the molecule is COc1ccccc1N1CCN(CCCOc2cc(C(=O)c3cn(CCCC(=O)O)c4ccccc34)ccc2N(C)c2ccc(CC(C)C)cc2)CC1. The molecule has 0 aliphatic carbocycles. The predicted octanol–water partition coefficient (Wildman–Crippen LogP) is 8.30. The lowest BCUT2D eigenvalue weighted by molar-refractivity contribution is -0.137. The summed E-state index contributed by atoms with van der Waals surface area (Å²) in [5, 5.41) is 10.0. The van der Waals surface area contributed by atoms with Crippen LogP contribution < -0.4 is 19.3 Å². The van der Waals surface area contributed by atoms with E-state index >= 15 is 0 Å². The zero-order valence-corrected chi connectivity index (χ0v) is 31.5. The lowest BCUT2D eigenvalue weighted by Gasteiger charge is -2.36. The fourth-order valence-electron chi connectivity index (χ4n) is 7.26. The molecule has 9 heteroatoms. The van der Waals surface area contributed by atoms with Crippen molar-refractivity contribution in [3.05, 3.63) is 114 Å². The fourth-order valence-corrected chi connectivity index (χ4v) is 7.26. The van der Waals surface area contributed by atoms with E-state index < -0.39 is 5.97 Å². The van der Waals surface area contributed by atoms with Gasteiger partial charge in [-0.3, -0.25) is 14.5 Å². The van der Waals surface area contributed by atoms with E-state index in [4.69, 9.17) is 9.47 Å². The maximum absolute atomic E-state index is 14.2. The van der Waals surface area contributed by atoms with Crippen molar-refractivity contribution in [3.8, 4) is 11.5 Å².